The number of hydrogen-bond donors (Lipinski definition) is 2. The Morgan fingerprint density at radius 3 is 2.46 bits per heavy atom. The molecule has 1 aromatic carbocycles. The van der Waals surface area contributed by atoms with Crippen LogP contribution in [-0.2, 0) is 19.6 Å². The van der Waals surface area contributed by atoms with Gasteiger partial charge in [-0.05, 0) is 42.5 Å². The maximum absolute atomic E-state index is 12.6. The zero-order valence-corrected chi connectivity index (χ0v) is 17.5. The van der Waals surface area contributed by atoms with Crippen molar-refractivity contribution < 1.29 is 18.0 Å². The molecule has 0 unspecified atom stereocenters. The van der Waals surface area contributed by atoms with Crippen LogP contribution in [0.3, 0.4) is 0 Å². The number of thiophene rings is 1. The number of sulfonamides is 1. The van der Waals surface area contributed by atoms with Gasteiger partial charge in [-0.25, -0.2) is 8.42 Å². The Balaban J connectivity index is 1.59. The first kappa shape index (κ1) is 20.8. The van der Waals surface area contributed by atoms with Crippen LogP contribution in [0.2, 0.25) is 5.02 Å². The number of carbonyl (C=O) groups is 2. The Kier molecular flexibility index (Phi) is 6.39. The van der Waals surface area contributed by atoms with E-state index in [-0.39, 0.29) is 17.7 Å². The van der Waals surface area contributed by atoms with E-state index in [1.165, 1.54) is 22.6 Å². The third kappa shape index (κ3) is 4.72. The summed E-state index contributed by atoms with van der Waals surface area (Å²) in [5.74, 6) is -0.694. The fourth-order valence-corrected chi connectivity index (χ4v) is 5.87. The molecule has 0 aliphatic carbocycles. The molecule has 1 fully saturated rings. The first-order chi connectivity index (χ1) is 13.3. The minimum absolute atomic E-state index is 0.192. The van der Waals surface area contributed by atoms with Crippen molar-refractivity contribution in [1.82, 2.24) is 4.31 Å². The number of hydrogen-bond acceptors (Lipinski definition) is 5. The normalized spacial score (nSPS) is 15.9. The van der Waals surface area contributed by atoms with Crippen LogP contribution in [0.4, 0.5) is 11.4 Å². The van der Waals surface area contributed by atoms with Gasteiger partial charge >= 0.3 is 0 Å². The number of anilines is 2. The fraction of sp³-hybridized carbons (Fsp3) is 0.333. The zero-order valence-electron chi connectivity index (χ0n) is 15.1. The predicted octanol–water partition coefficient (Wildman–Crippen LogP) is 3.40. The standard InChI is InChI=1S/C18H20ClN3O4S2/c1-12(23)20-14-4-5-16(15(19)11-14)21-18(24)13-6-8-22(9-7-13)28(25,26)17-3-2-10-27-17/h2-5,10-11,13H,6-9H2,1H3,(H,20,23)(H,21,24). The summed E-state index contributed by atoms with van der Waals surface area (Å²) in [5, 5.41) is 7.46. The Hall–Kier alpha value is -1.94. The second kappa shape index (κ2) is 8.60. The first-order valence-electron chi connectivity index (χ1n) is 8.69. The van der Waals surface area contributed by atoms with Crippen LogP contribution in [0.25, 0.3) is 0 Å². The molecule has 0 spiro atoms. The number of halogens is 1. The molecule has 28 heavy (non-hydrogen) atoms. The van der Waals surface area contributed by atoms with E-state index >= 15 is 0 Å². The predicted molar refractivity (Wildman–Crippen MR) is 110 cm³/mol. The van der Waals surface area contributed by atoms with Crippen LogP contribution in [0.15, 0.2) is 39.9 Å². The Morgan fingerprint density at radius 2 is 1.89 bits per heavy atom. The van der Waals surface area contributed by atoms with Crippen molar-refractivity contribution in [2.45, 2.75) is 24.0 Å². The molecular weight excluding hydrogens is 422 g/mol. The third-order valence-corrected chi connectivity index (χ3v) is 8.05. The summed E-state index contributed by atoms with van der Waals surface area (Å²) in [6.07, 6.45) is 0.885. The summed E-state index contributed by atoms with van der Waals surface area (Å²) in [7, 11) is -3.48. The molecule has 7 nitrogen and oxygen atoms in total. The van der Waals surface area contributed by atoms with Gasteiger partial charge in [0.1, 0.15) is 4.21 Å². The molecule has 3 rings (SSSR count). The number of benzene rings is 1. The van der Waals surface area contributed by atoms with Crippen LogP contribution < -0.4 is 10.6 Å². The topological polar surface area (TPSA) is 95.6 Å². The molecule has 1 aromatic heterocycles. The van der Waals surface area contributed by atoms with E-state index in [2.05, 4.69) is 10.6 Å². The minimum atomic E-state index is -3.48. The molecule has 0 radical (unpaired) electrons. The second-order valence-electron chi connectivity index (χ2n) is 6.48. The van der Waals surface area contributed by atoms with E-state index < -0.39 is 10.0 Å². The van der Waals surface area contributed by atoms with E-state index in [0.29, 0.717) is 46.5 Å². The SMILES string of the molecule is CC(=O)Nc1ccc(NC(=O)C2CCN(S(=O)(=O)c3cccs3)CC2)c(Cl)c1. The van der Waals surface area contributed by atoms with E-state index in [4.69, 9.17) is 11.6 Å². The maximum Gasteiger partial charge on any atom is 0.252 e. The quantitative estimate of drug-likeness (QED) is 0.743. The maximum atomic E-state index is 12.6. The first-order valence-corrected chi connectivity index (χ1v) is 11.4. The van der Waals surface area contributed by atoms with Gasteiger partial charge < -0.3 is 10.6 Å². The molecule has 1 aliphatic heterocycles. The molecule has 150 valence electrons. The molecule has 0 bridgehead atoms. The van der Waals surface area contributed by atoms with Crippen molar-refractivity contribution in [3.8, 4) is 0 Å². The van der Waals surface area contributed by atoms with Crippen molar-refractivity contribution >= 4 is 56.2 Å². The van der Waals surface area contributed by atoms with Crippen molar-refractivity contribution in [2.75, 3.05) is 23.7 Å². The van der Waals surface area contributed by atoms with E-state index in [9.17, 15) is 18.0 Å². The van der Waals surface area contributed by atoms with E-state index in [0.717, 1.165) is 0 Å². The third-order valence-electron chi connectivity index (χ3n) is 4.46. The summed E-state index contributed by atoms with van der Waals surface area (Å²) in [5.41, 5.74) is 0.997. The van der Waals surface area contributed by atoms with Gasteiger partial charge in [0.25, 0.3) is 10.0 Å². The Bertz CT molecular complexity index is 969. The van der Waals surface area contributed by atoms with Gasteiger partial charge in [-0.15, -0.1) is 11.3 Å². The molecule has 10 heteroatoms. The zero-order chi connectivity index (χ0) is 20.3. The van der Waals surface area contributed by atoms with Gasteiger partial charge in [0, 0.05) is 31.6 Å². The number of amides is 2. The molecule has 2 aromatic rings. The van der Waals surface area contributed by atoms with Gasteiger partial charge in [0.2, 0.25) is 11.8 Å². The van der Waals surface area contributed by atoms with Crippen LogP contribution in [0, 0.1) is 5.92 Å². The smallest absolute Gasteiger partial charge is 0.252 e. The van der Waals surface area contributed by atoms with Gasteiger partial charge in [-0.1, -0.05) is 17.7 Å². The van der Waals surface area contributed by atoms with Crippen LogP contribution >= 0.6 is 22.9 Å². The van der Waals surface area contributed by atoms with Crippen molar-refractivity contribution in [2.24, 2.45) is 5.92 Å². The highest BCUT2D eigenvalue weighted by Crippen LogP contribution is 2.29. The minimum Gasteiger partial charge on any atom is -0.326 e. The van der Waals surface area contributed by atoms with Crippen LogP contribution in [0.5, 0.6) is 0 Å². The highest BCUT2D eigenvalue weighted by Gasteiger charge is 2.32. The van der Waals surface area contributed by atoms with Crippen LogP contribution in [0.1, 0.15) is 19.8 Å². The monoisotopic (exact) mass is 441 g/mol. The Labute approximate surface area is 172 Å². The number of rotatable bonds is 5. The number of carbonyl (C=O) groups excluding carboxylic acids is 2. The lowest BCUT2D eigenvalue weighted by molar-refractivity contribution is -0.121. The molecule has 2 heterocycles. The van der Waals surface area contributed by atoms with E-state index in [1.807, 2.05) is 0 Å². The summed E-state index contributed by atoms with van der Waals surface area (Å²) in [6, 6.07) is 8.14. The van der Waals surface area contributed by atoms with Crippen molar-refractivity contribution in [1.29, 1.82) is 0 Å². The average molecular weight is 442 g/mol. The summed E-state index contributed by atoms with van der Waals surface area (Å²) in [4.78, 5) is 23.7. The molecule has 2 amide bonds. The van der Waals surface area contributed by atoms with Crippen molar-refractivity contribution in [3.05, 3.63) is 40.7 Å². The summed E-state index contributed by atoms with van der Waals surface area (Å²) >= 11 is 7.37. The molecule has 1 aliphatic rings. The lowest BCUT2D eigenvalue weighted by Crippen LogP contribution is -2.41. The van der Waals surface area contributed by atoms with Gasteiger partial charge in [-0.3, -0.25) is 9.59 Å². The van der Waals surface area contributed by atoms with Crippen LogP contribution in [-0.4, -0.2) is 37.6 Å². The summed E-state index contributed by atoms with van der Waals surface area (Å²) < 4.78 is 26.9. The Morgan fingerprint density at radius 1 is 1.18 bits per heavy atom. The molecule has 0 atom stereocenters. The average Bonchev–Trinajstić information content (AvgIpc) is 3.19. The number of nitrogens with zero attached hydrogens (tertiary/aromatic N) is 1. The summed E-state index contributed by atoms with van der Waals surface area (Å²) in [6.45, 7) is 2.00. The number of nitrogens with one attached hydrogen (secondary N) is 2. The molecule has 1 saturated heterocycles. The largest absolute Gasteiger partial charge is 0.326 e. The fourth-order valence-electron chi connectivity index (χ4n) is 3.03. The lowest BCUT2D eigenvalue weighted by atomic mass is 9.97. The molecule has 2 N–H and O–H groups in total. The van der Waals surface area contributed by atoms with Crippen molar-refractivity contribution in [3.63, 3.8) is 0 Å². The van der Waals surface area contributed by atoms with Gasteiger partial charge in [0.15, 0.2) is 0 Å². The second-order valence-corrected chi connectivity index (χ2v) is 10.00. The molecular formula is C18H20ClN3O4S2. The van der Waals surface area contributed by atoms with Gasteiger partial charge in [-0.2, -0.15) is 4.31 Å². The lowest BCUT2D eigenvalue weighted by Gasteiger charge is -2.30. The number of piperidine rings is 1. The highest BCUT2D eigenvalue weighted by atomic mass is 35.5. The van der Waals surface area contributed by atoms with E-state index in [1.54, 1.807) is 35.7 Å². The molecule has 0 saturated carbocycles. The highest BCUT2D eigenvalue weighted by molar-refractivity contribution is 7.91. The van der Waals surface area contributed by atoms with Gasteiger partial charge in [0.05, 0.1) is 10.7 Å².